The molecule has 1 aliphatic heterocycles. The maximum atomic E-state index is 11.0. The van der Waals surface area contributed by atoms with E-state index in [0.29, 0.717) is 5.92 Å². The van der Waals surface area contributed by atoms with Crippen LogP contribution >= 0.6 is 0 Å². The van der Waals surface area contributed by atoms with Crippen LogP contribution < -0.4 is 0 Å². The van der Waals surface area contributed by atoms with Crippen LogP contribution in [0.15, 0.2) is 34.9 Å². The Hall–Kier alpha value is -1.33. The Balaban J connectivity index is 1.91. The van der Waals surface area contributed by atoms with E-state index in [1.807, 2.05) is 6.08 Å². The fourth-order valence-corrected chi connectivity index (χ4v) is 3.99. The summed E-state index contributed by atoms with van der Waals surface area (Å²) in [4.78, 5) is -0.0918. The highest BCUT2D eigenvalue weighted by Crippen LogP contribution is 2.62. The molecule has 0 radical (unpaired) electrons. The zero-order valence-electron chi connectivity index (χ0n) is 12.5. The molecule has 0 aromatic heterocycles. The minimum atomic E-state index is -4.14. The van der Waals surface area contributed by atoms with E-state index < -0.39 is 10.1 Å². The highest BCUT2D eigenvalue weighted by molar-refractivity contribution is 7.85. The summed E-state index contributed by atoms with van der Waals surface area (Å²) in [6, 6.07) is 6.17. The van der Waals surface area contributed by atoms with Crippen LogP contribution in [-0.2, 0) is 14.9 Å². The van der Waals surface area contributed by atoms with E-state index in [1.54, 1.807) is 12.1 Å². The number of fused-ring (bicyclic) bond motifs is 2. The normalized spacial score (nSPS) is 32.4. The van der Waals surface area contributed by atoms with Gasteiger partial charge in [0.2, 0.25) is 0 Å². The molecule has 1 aromatic rings. The minimum Gasteiger partial charge on any atom is -0.491 e. The fourth-order valence-electron chi connectivity index (χ4n) is 3.51. The lowest BCUT2D eigenvalue weighted by atomic mass is 9.75. The monoisotopic (exact) mass is 308 g/mol. The van der Waals surface area contributed by atoms with Crippen molar-refractivity contribution >= 4 is 16.2 Å². The van der Waals surface area contributed by atoms with Crippen molar-refractivity contribution < 1.29 is 17.7 Å². The first-order valence-electron chi connectivity index (χ1n) is 7.12. The smallest absolute Gasteiger partial charge is 0.294 e. The van der Waals surface area contributed by atoms with Crippen molar-refractivity contribution in [2.24, 2.45) is 11.3 Å². The van der Waals surface area contributed by atoms with Gasteiger partial charge in [0.05, 0.1) is 4.90 Å². The Bertz CT molecular complexity index is 698. The van der Waals surface area contributed by atoms with E-state index in [1.165, 1.54) is 12.1 Å². The summed E-state index contributed by atoms with van der Waals surface area (Å²) in [5.41, 5.74) is 0.884. The largest absolute Gasteiger partial charge is 0.491 e. The van der Waals surface area contributed by atoms with Gasteiger partial charge in [-0.05, 0) is 43.5 Å². The van der Waals surface area contributed by atoms with Gasteiger partial charge in [0.1, 0.15) is 11.4 Å². The van der Waals surface area contributed by atoms with Crippen LogP contribution in [0, 0.1) is 11.3 Å². The molecule has 1 heterocycles. The molecule has 2 fully saturated rings. The summed E-state index contributed by atoms with van der Waals surface area (Å²) in [5, 5.41) is 0. The average Bonchev–Trinajstić information content (AvgIpc) is 2.70. The topological polar surface area (TPSA) is 63.6 Å². The van der Waals surface area contributed by atoms with Crippen LogP contribution in [0.25, 0.3) is 6.08 Å². The van der Waals surface area contributed by atoms with Crippen molar-refractivity contribution in [1.82, 2.24) is 0 Å². The lowest BCUT2D eigenvalue weighted by Crippen LogP contribution is -2.35. The second-order valence-corrected chi connectivity index (χ2v) is 8.16. The minimum absolute atomic E-state index is 0.0918. The molecule has 1 saturated carbocycles. The zero-order valence-corrected chi connectivity index (χ0v) is 13.3. The van der Waals surface area contributed by atoms with Crippen molar-refractivity contribution in [2.75, 3.05) is 0 Å². The average molecular weight is 308 g/mol. The first-order chi connectivity index (χ1) is 9.63. The van der Waals surface area contributed by atoms with Crippen LogP contribution in [0.1, 0.15) is 39.2 Å². The fraction of sp³-hybridized carbons (Fsp3) is 0.500. The number of ether oxygens (including phenoxy) is 1. The highest BCUT2D eigenvalue weighted by Gasteiger charge is 2.60. The molecule has 1 aliphatic carbocycles. The van der Waals surface area contributed by atoms with Gasteiger partial charge in [0, 0.05) is 11.3 Å². The number of allylic oxidation sites excluding steroid dienone is 1. The highest BCUT2D eigenvalue weighted by atomic mass is 32.2. The van der Waals surface area contributed by atoms with Gasteiger partial charge in [-0.2, -0.15) is 8.42 Å². The van der Waals surface area contributed by atoms with Crippen molar-refractivity contribution in [3.63, 3.8) is 0 Å². The van der Waals surface area contributed by atoms with Gasteiger partial charge in [0.15, 0.2) is 0 Å². The van der Waals surface area contributed by atoms with Gasteiger partial charge in [0.25, 0.3) is 10.1 Å². The summed E-state index contributed by atoms with van der Waals surface area (Å²) >= 11 is 0. The maximum absolute atomic E-state index is 11.0. The molecule has 1 saturated heterocycles. The Labute approximate surface area is 125 Å². The Morgan fingerprint density at radius 3 is 2.29 bits per heavy atom. The van der Waals surface area contributed by atoms with E-state index >= 15 is 0 Å². The Morgan fingerprint density at radius 1 is 1.24 bits per heavy atom. The molecule has 2 bridgehead atoms. The molecule has 1 aromatic carbocycles. The summed E-state index contributed by atoms with van der Waals surface area (Å²) < 4.78 is 37.2. The van der Waals surface area contributed by atoms with Crippen molar-refractivity contribution in [2.45, 2.75) is 44.1 Å². The van der Waals surface area contributed by atoms with E-state index in [9.17, 15) is 8.42 Å². The van der Waals surface area contributed by atoms with Crippen LogP contribution in [0.3, 0.4) is 0 Å². The number of hydrogen-bond acceptors (Lipinski definition) is 3. The lowest BCUT2D eigenvalue weighted by Gasteiger charge is -2.31. The molecule has 0 amide bonds. The molecule has 3 rings (SSSR count). The van der Waals surface area contributed by atoms with Gasteiger partial charge in [-0.25, -0.2) is 0 Å². The summed E-state index contributed by atoms with van der Waals surface area (Å²) in [6.45, 7) is 6.65. The second-order valence-electron chi connectivity index (χ2n) is 6.74. The van der Waals surface area contributed by atoms with E-state index in [4.69, 9.17) is 9.29 Å². The quantitative estimate of drug-likeness (QED) is 0.849. The molecule has 21 heavy (non-hydrogen) atoms. The first-order valence-corrected chi connectivity index (χ1v) is 8.56. The van der Waals surface area contributed by atoms with Crippen LogP contribution in [0.5, 0.6) is 0 Å². The standard InChI is InChI=1S/C16H20O4S/c1-15(2)13-8-9-16(15,3)20-14(13)10-11-4-6-12(7-5-11)21(17,18)19/h4-7,10,13H,8-9H2,1-3H3,(H,17,18,19). The molecular weight excluding hydrogens is 288 g/mol. The van der Waals surface area contributed by atoms with Crippen molar-refractivity contribution in [3.8, 4) is 0 Å². The van der Waals surface area contributed by atoms with Gasteiger partial charge < -0.3 is 4.74 Å². The van der Waals surface area contributed by atoms with Crippen LogP contribution in [0.2, 0.25) is 0 Å². The number of rotatable bonds is 2. The molecule has 0 spiro atoms. The van der Waals surface area contributed by atoms with Gasteiger partial charge in [-0.3, -0.25) is 4.55 Å². The van der Waals surface area contributed by atoms with E-state index in [-0.39, 0.29) is 15.9 Å². The maximum Gasteiger partial charge on any atom is 0.294 e. The predicted octanol–water partition coefficient (Wildman–Crippen LogP) is 3.50. The summed E-state index contributed by atoms with van der Waals surface area (Å²) in [6.07, 6.45) is 4.17. The SMILES string of the molecule is CC12CCC(C(=Cc3ccc(S(=O)(=O)O)cc3)O1)C2(C)C. The zero-order chi connectivity index (χ0) is 15.5. The molecule has 2 aliphatic rings. The third-order valence-electron chi connectivity index (χ3n) is 5.32. The molecule has 1 N–H and O–H groups in total. The third kappa shape index (κ3) is 2.19. The number of benzene rings is 1. The van der Waals surface area contributed by atoms with E-state index in [0.717, 1.165) is 24.2 Å². The lowest BCUT2D eigenvalue weighted by molar-refractivity contribution is -0.00565. The summed E-state index contributed by atoms with van der Waals surface area (Å²) in [5.74, 6) is 1.39. The summed E-state index contributed by atoms with van der Waals surface area (Å²) in [7, 11) is -4.14. The molecule has 5 heteroatoms. The third-order valence-corrected chi connectivity index (χ3v) is 6.19. The molecule has 4 nitrogen and oxygen atoms in total. The molecule has 114 valence electrons. The molecular formula is C16H20O4S. The van der Waals surface area contributed by atoms with Crippen molar-refractivity contribution in [3.05, 3.63) is 35.6 Å². The Morgan fingerprint density at radius 2 is 1.86 bits per heavy atom. The molecule has 2 unspecified atom stereocenters. The Kier molecular flexibility index (Phi) is 3.01. The van der Waals surface area contributed by atoms with Gasteiger partial charge in [-0.15, -0.1) is 0 Å². The number of hydrogen-bond donors (Lipinski definition) is 1. The van der Waals surface area contributed by atoms with Gasteiger partial charge >= 0.3 is 0 Å². The second kappa shape index (κ2) is 4.34. The van der Waals surface area contributed by atoms with Crippen LogP contribution in [0.4, 0.5) is 0 Å². The first kappa shape index (κ1) is 14.6. The van der Waals surface area contributed by atoms with E-state index in [2.05, 4.69) is 20.8 Å². The van der Waals surface area contributed by atoms with Crippen molar-refractivity contribution in [1.29, 1.82) is 0 Å². The predicted molar refractivity (Wildman–Crippen MR) is 80.2 cm³/mol. The van der Waals surface area contributed by atoms with Gasteiger partial charge in [-0.1, -0.05) is 26.0 Å². The van der Waals surface area contributed by atoms with Crippen LogP contribution in [-0.4, -0.2) is 18.6 Å². The molecule has 2 atom stereocenters.